The van der Waals surface area contributed by atoms with Crippen LogP contribution in [0.1, 0.15) is 15.9 Å². The van der Waals surface area contributed by atoms with Crippen LogP contribution in [0.3, 0.4) is 0 Å². The summed E-state index contributed by atoms with van der Waals surface area (Å²) in [5.74, 6) is -0.204. The van der Waals surface area contributed by atoms with Crippen LogP contribution >= 0.6 is 39.1 Å². The standard InChI is InChI=1S/C14H10BrCl2NO/c15-11-3-1-2-9(4-11)8-18-14(19)10-5-12(16)7-13(17)6-10/h1-7H,8H2,(H,18,19). The number of hydrogen-bond acceptors (Lipinski definition) is 1. The van der Waals surface area contributed by atoms with E-state index < -0.39 is 0 Å². The van der Waals surface area contributed by atoms with Crippen molar-refractivity contribution in [2.75, 3.05) is 0 Å². The van der Waals surface area contributed by atoms with E-state index in [0.29, 0.717) is 22.2 Å². The topological polar surface area (TPSA) is 29.1 Å². The van der Waals surface area contributed by atoms with E-state index in [2.05, 4.69) is 21.2 Å². The molecule has 2 rings (SSSR count). The minimum absolute atomic E-state index is 0.204. The summed E-state index contributed by atoms with van der Waals surface area (Å²) in [7, 11) is 0. The van der Waals surface area contributed by atoms with Gasteiger partial charge in [0.25, 0.3) is 5.91 Å². The van der Waals surface area contributed by atoms with Crippen molar-refractivity contribution in [3.8, 4) is 0 Å². The number of carbonyl (C=O) groups excluding carboxylic acids is 1. The van der Waals surface area contributed by atoms with Crippen molar-refractivity contribution in [3.63, 3.8) is 0 Å². The molecule has 1 amide bonds. The van der Waals surface area contributed by atoms with Gasteiger partial charge < -0.3 is 5.32 Å². The molecule has 0 saturated carbocycles. The lowest BCUT2D eigenvalue weighted by molar-refractivity contribution is 0.0951. The fourth-order valence-corrected chi connectivity index (χ4v) is 2.59. The zero-order valence-corrected chi connectivity index (χ0v) is 12.9. The van der Waals surface area contributed by atoms with Gasteiger partial charge in [0.05, 0.1) is 0 Å². The van der Waals surface area contributed by atoms with E-state index in [4.69, 9.17) is 23.2 Å². The molecule has 1 N–H and O–H groups in total. The monoisotopic (exact) mass is 357 g/mol. The maximum atomic E-state index is 12.0. The first kappa shape index (κ1) is 14.4. The second kappa shape index (κ2) is 6.42. The molecule has 2 aromatic rings. The first-order valence-corrected chi connectivity index (χ1v) is 7.08. The molecule has 0 aliphatic rings. The van der Waals surface area contributed by atoms with Crippen LogP contribution in [0.25, 0.3) is 0 Å². The van der Waals surface area contributed by atoms with Gasteiger partial charge in [0, 0.05) is 26.6 Å². The second-order valence-electron chi connectivity index (χ2n) is 3.97. The summed E-state index contributed by atoms with van der Waals surface area (Å²) in [6, 6.07) is 12.5. The molecular weight excluding hydrogens is 349 g/mol. The Morgan fingerprint density at radius 3 is 2.42 bits per heavy atom. The number of rotatable bonds is 3. The zero-order valence-electron chi connectivity index (χ0n) is 9.79. The number of amides is 1. The molecule has 0 unspecified atom stereocenters. The van der Waals surface area contributed by atoms with Crippen LogP contribution in [0.15, 0.2) is 46.9 Å². The average molecular weight is 359 g/mol. The molecule has 0 atom stereocenters. The van der Waals surface area contributed by atoms with Crippen LogP contribution in [0, 0.1) is 0 Å². The Hall–Kier alpha value is -1.03. The van der Waals surface area contributed by atoms with E-state index in [1.807, 2.05) is 24.3 Å². The van der Waals surface area contributed by atoms with Crippen molar-refractivity contribution in [1.82, 2.24) is 5.32 Å². The molecule has 19 heavy (non-hydrogen) atoms. The highest BCUT2D eigenvalue weighted by Gasteiger charge is 2.07. The summed E-state index contributed by atoms with van der Waals surface area (Å²) in [4.78, 5) is 12.0. The Balaban J connectivity index is 2.05. The summed E-state index contributed by atoms with van der Waals surface area (Å²) in [5.41, 5.74) is 1.46. The summed E-state index contributed by atoms with van der Waals surface area (Å²) >= 11 is 15.1. The third kappa shape index (κ3) is 4.23. The Morgan fingerprint density at radius 1 is 1.11 bits per heavy atom. The Kier molecular flexibility index (Phi) is 4.86. The Morgan fingerprint density at radius 2 is 1.79 bits per heavy atom. The van der Waals surface area contributed by atoms with E-state index in [1.54, 1.807) is 18.2 Å². The maximum absolute atomic E-state index is 12.0. The smallest absolute Gasteiger partial charge is 0.251 e. The van der Waals surface area contributed by atoms with Gasteiger partial charge in [-0.05, 0) is 35.9 Å². The normalized spacial score (nSPS) is 10.3. The number of carbonyl (C=O) groups is 1. The molecule has 0 fully saturated rings. The molecule has 0 spiro atoms. The molecule has 0 aromatic heterocycles. The fourth-order valence-electron chi connectivity index (χ4n) is 1.62. The minimum Gasteiger partial charge on any atom is -0.348 e. The van der Waals surface area contributed by atoms with Crippen molar-refractivity contribution in [3.05, 3.63) is 68.1 Å². The lowest BCUT2D eigenvalue weighted by Crippen LogP contribution is -2.22. The Labute approximate surface area is 129 Å². The molecule has 0 heterocycles. The van der Waals surface area contributed by atoms with Crippen LogP contribution in [0.2, 0.25) is 10.0 Å². The van der Waals surface area contributed by atoms with E-state index in [9.17, 15) is 4.79 Å². The van der Waals surface area contributed by atoms with Gasteiger partial charge >= 0.3 is 0 Å². The van der Waals surface area contributed by atoms with Gasteiger partial charge in [-0.3, -0.25) is 4.79 Å². The summed E-state index contributed by atoms with van der Waals surface area (Å²) in [5, 5.41) is 3.71. The number of hydrogen-bond donors (Lipinski definition) is 1. The van der Waals surface area contributed by atoms with E-state index in [0.717, 1.165) is 10.0 Å². The van der Waals surface area contributed by atoms with Gasteiger partial charge in [0.2, 0.25) is 0 Å². The van der Waals surface area contributed by atoms with Crippen LogP contribution in [0.4, 0.5) is 0 Å². The molecular formula is C14H10BrCl2NO. The average Bonchev–Trinajstić information content (AvgIpc) is 2.35. The van der Waals surface area contributed by atoms with Gasteiger partial charge in [0.1, 0.15) is 0 Å². The SMILES string of the molecule is O=C(NCc1cccc(Br)c1)c1cc(Cl)cc(Cl)c1. The summed E-state index contributed by atoms with van der Waals surface area (Å²) < 4.78 is 0.977. The van der Waals surface area contributed by atoms with Crippen LogP contribution < -0.4 is 5.32 Å². The third-order valence-electron chi connectivity index (χ3n) is 2.47. The molecule has 0 aliphatic carbocycles. The van der Waals surface area contributed by atoms with Gasteiger partial charge in [-0.1, -0.05) is 51.3 Å². The minimum atomic E-state index is -0.204. The fraction of sp³-hybridized carbons (Fsp3) is 0.0714. The molecule has 0 radical (unpaired) electrons. The van der Waals surface area contributed by atoms with E-state index >= 15 is 0 Å². The van der Waals surface area contributed by atoms with Crippen LogP contribution in [0.5, 0.6) is 0 Å². The van der Waals surface area contributed by atoms with Crippen molar-refractivity contribution >= 4 is 45.0 Å². The number of nitrogens with one attached hydrogen (secondary N) is 1. The molecule has 98 valence electrons. The highest BCUT2D eigenvalue weighted by molar-refractivity contribution is 9.10. The molecule has 0 saturated heterocycles. The van der Waals surface area contributed by atoms with E-state index in [-0.39, 0.29) is 5.91 Å². The second-order valence-corrected chi connectivity index (χ2v) is 5.76. The molecule has 2 nitrogen and oxygen atoms in total. The summed E-state index contributed by atoms with van der Waals surface area (Å²) in [6.45, 7) is 0.447. The highest BCUT2D eigenvalue weighted by Crippen LogP contribution is 2.19. The van der Waals surface area contributed by atoms with Crippen LogP contribution in [-0.2, 0) is 6.54 Å². The molecule has 0 bridgehead atoms. The molecule has 2 aromatic carbocycles. The largest absolute Gasteiger partial charge is 0.348 e. The summed E-state index contributed by atoms with van der Waals surface area (Å²) in [6.07, 6.45) is 0. The highest BCUT2D eigenvalue weighted by atomic mass is 79.9. The van der Waals surface area contributed by atoms with Gasteiger partial charge in [-0.2, -0.15) is 0 Å². The lowest BCUT2D eigenvalue weighted by atomic mass is 10.2. The third-order valence-corrected chi connectivity index (χ3v) is 3.40. The lowest BCUT2D eigenvalue weighted by Gasteiger charge is -2.06. The van der Waals surface area contributed by atoms with Crippen molar-refractivity contribution < 1.29 is 4.79 Å². The van der Waals surface area contributed by atoms with Gasteiger partial charge in [0.15, 0.2) is 0 Å². The van der Waals surface area contributed by atoms with Crippen LogP contribution in [-0.4, -0.2) is 5.91 Å². The van der Waals surface area contributed by atoms with Crippen molar-refractivity contribution in [2.45, 2.75) is 6.54 Å². The Bertz CT molecular complexity index is 596. The van der Waals surface area contributed by atoms with Crippen molar-refractivity contribution in [1.29, 1.82) is 0 Å². The molecule has 5 heteroatoms. The predicted molar refractivity (Wildman–Crippen MR) is 81.8 cm³/mol. The first-order valence-electron chi connectivity index (χ1n) is 5.53. The predicted octanol–water partition coefficient (Wildman–Crippen LogP) is 4.69. The van der Waals surface area contributed by atoms with Crippen molar-refractivity contribution in [2.24, 2.45) is 0 Å². The molecule has 0 aliphatic heterocycles. The maximum Gasteiger partial charge on any atom is 0.251 e. The first-order chi connectivity index (χ1) is 9.04. The van der Waals surface area contributed by atoms with Gasteiger partial charge in [-0.15, -0.1) is 0 Å². The number of halogens is 3. The number of benzene rings is 2. The quantitative estimate of drug-likeness (QED) is 0.847. The van der Waals surface area contributed by atoms with Gasteiger partial charge in [-0.25, -0.2) is 0 Å². The zero-order chi connectivity index (χ0) is 13.8. The van der Waals surface area contributed by atoms with E-state index in [1.165, 1.54) is 0 Å².